The summed E-state index contributed by atoms with van der Waals surface area (Å²) in [4.78, 5) is 10.6. The maximum atomic E-state index is 5.90. The minimum atomic E-state index is 0.408. The lowest BCUT2D eigenvalue weighted by atomic mass is 10.3. The second-order valence-electron chi connectivity index (χ2n) is 3.52. The van der Waals surface area contributed by atoms with E-state index in [2.05, 4.69) is 28.7 Å². The Morgan fingerprint density at radius 3 is 2.57 bits per heavy atom. The number of hydrogen-bond donors (Lipinski definition) is 0. The molecule has 0 fully saturated rings. The highest BCUT2D eigenvalue weighted by atomic mass is 35.5. The van der Waals surface area contributed by atoms with E-state index in [0.29, 0.717) is 11.2 Å². The third kappa shape index (κ3) is 2.58. The Balaban J connectivity index is 3.02. The summed E-state index contributed by atoms with van der Waals surface area (Å²) in [6, 6.07) is 2.20. The van der Waals surface area contributed by atoms with Crippen molar-refractivity contribution in [2.24, 2.45) is 0 Å². The van der Waals surface area contributed by atoms with Crippen LogP contribution in [0.3, 0.4) is 0 Å². The van der Waals surface area contributed by atoms with Crippen LogP contribution in [0.15, 0.2) is 6.07 Å². The Morgan fingerprint density at radius 2 is 2.07 bits per heavy atom. The van der Waals surface area contributed by atoms with Crippen LogP contribution in [0.1, 0.15) is 26.6 Å². The molecule has 0 N–H and O–H groups in total. The maximum absolute atomic E-state index is 5.90. The van der Waals surface area contributed by atoms with Gasteiger partial charge in [-0.3, -0.25) is 0 Å². The van der Waals surface area contributed by atoms with Crippen molar-refractivity contribution in [3.63, 3.8) is 0 Å². The third-order valence-corrected chi connectivity index (χ3v) is 2.37. The molecule has 0 radical (unpaired) electrons. The Bertz CT molecular complexity index is 312. The lowest BCUT2D eigenvalue weighted by Gasteiger charge is -2.22. The molecule has 1 aromatic heterocycles. The Hall–Kier alpha value is -0.830. The first-order chi connectivity index (χ1) is 6.54. The number of nitrogens with zero attached hydrogens (tertiary/aromatic N) is 3. The first kappa shape index (κ1) is 11.2. The fraction of sp³-hybridized carbons (Fsp3) is 0.600. The predicted molar refractivity (Wildman–Crippen MR) is 60.0 cm³/mol. The van der Waals surface area contributed by atoms with Crippen molar-refractivity contribution >= 4 is 17.4 Å². The number of anilines is 1. The zero-order valence-corrected chi connectivity index (χ0v) is 9.84. The van der Waals surface area contributed by atoms with Crippen LogP contribution in [-0.2, 0) is 6.42 Å². The summed E-state index contributed by atoms with van der Waals surface area (Å²) in [5, 5.41) is 0.513. The molecule has 0 amide bonds. The van der Waals surface area contributed by atoms with Gasteiger partial charge in [0, 0.05) is 25.6 Å². The van der Waals surface area contributed by atoms with Crippen LogP contribution in [0.5, 0.6) is 0 Å². The molecular weight excluding hydrogens is 198 g/mol. The monoisotopic (exact) mass is 213 g/mol. The van der Waals surface area contributed by atoms with Gasteiger partial charge in [-0.05, 0) is 13.8 Å². The van der Waals surface area contributed by atoms with Crippen LogP contribution in [0.2, 0.25) is 5.15 Å². The molecule has 78 valence electrons. The molecule has 0 bridgehead atoms. The normalized spacial score (nSPS) is 10.7. The summed E-state index contributed by atoms with van der Waals surface area (Å²) in [5.41, 5.74) is 0. The molecular formula is C10H16ClN3. The number of hydrogen-bond acceptors (Lipinski definition) is 3. The van der Waals surface area contributed by atoms with Crippen LogP contribution < -0.4 is 4.90 Å². The molecule has 0 spiro atoms. The minimum Gasteiger partial charge on any atom is -0.357 e. The standard InChI is InChI=1S/C10H16ClN3/c1-5-9-12-8(11)6-10(13-9)14(4)7(2)3/h6-7H,5H2,1-4H3. The van der Waals surface area contributed by atoms with E-state index in [-0.39, 0.29) is 0 Å². The zero-order chi connectivity index (χ0) is 10.7. The molecule has 4 heteroatoms. The lowest BCUT2D eigenvalue weighted by Crippen LogP contribution is -2.26. The number of aryl methyl sites for hydroxylation is 1. The highest BCUT2D eigenvalue weighted by molar-refractivity contribution is 6.29. The molecule has 1 aromatic rings. The summed E-state index contributed by atoms with van der Waals surface area (Å²) in [7, 11) is 2.00. The quantitative estimate of drug-likeness (QED) is 0.723. The predicted octanol–water partition coefficient (Wildman–Crippen LogP) is 2.54. The fourth-order valence-electron chi connectivity index (χ4n) is 1.05. The van der Waals surface area contributed by atoms with E-state index in [4.69, 9.17) is 11.6 Å². The highest BCUT2D eigenvalue weighted by Crippen LogP contribution is 2.16. The molecule has 0 aliphatic carbocycles. The largest absolute Gasteiger partial charge is 0.357 e. The van der Waals surface area contributed by atoms with E-state index in [1.54, 1.807) is 6.07 Å². The molecule has 3 nitrogen and oxygen atoms in total. The zero-order valence-electron chi connectivity index (χ0n) is 9.08. The summed E-state index contributed by atoms with van der Waals surface area (Å²) in [5.74, 6) is 1.68. The summed E-state index contributed by atoms with van der Waals surface area (Å²) < 4.78 is 0. The first-order valence-electron chi connectivity index (χ1n) is 4.81. The Labute approximate surface area is 90.1 Å². The van der Waals surface area contributed by atoms with Gasteiger partial charge < -0.3 is 4.90 Å². The summed E-state index contributed by atoms with van der Waals surface area (Å²) in [6.07, 6.45) is 0.805. The number of rotatable bonds is 3. The van der Waals surface area contributed by atoms with Gasteiger partial charge in [-0.1, -0.05) is 18.5 Å². The topological polar surface area (TPSA) is 29.0 Å². The van der Waals surface area contributed by atoms with Gasteiger partial charge in [0.05, 0.1) is 0 Å². The molecule has 0 aliphatic heterocycles. The molecule has 1 rings (SSSR count). The van der Waals surface area contributed by atoms with Crippen LogP contribution in [-0.4, -0.2) is 23.1 Å². The van der Waals surface area contributed by atoms with Crippen molar-refractivity contribution in [1.29, 1.82) is 0 Å². The molecule has 14 heavy (non-hydrogen) atoms. The third-order valence-electron chi connectivity index (χ3n) is 2.18. The summed E-state index contributed by atoms with van der Waals surface area (Å²) in [6.45, 7) is 6.24. The van der Waals surface area contributed by atoms with Crippen LogP contribution in [0.25, 0.3) is 0 Å². The molecule has 0 aliphatic rings. The first-order valence-corrected chi connectivity index (χ1v) is 5.18. The molecule has 0 atom stereocenters. The molecule has 0 saturated carbocycles. The van der Waals surface area contributed by atoms with Crippen molar-refractivity contribution in [3.05, 3.63) is 17.0 Å². The van der Waals surface area contributed by atoms with E-state index in [0.717, 1.165) is 18.1 Å². The van der Waals surface area contributed by atoms with Gasteiger partial charge in [0.2, 0.25) is 0 Å². The van der Waals surface area contributed by atoms with Gasteiger partial charge in [-0.2, -0.15) is 0 Å². The van der Waals surface area contributed by atoms with E-state index in [1.807, 2.05) is 14.0 Å². The van der Waals surface area contributed by atoms with E-state index in [9.17, 15) is 0 Å². The van der Waals surface area contributed by atoms with E-state index in [1.165, 1.54) is 0 Å². The van der Waals surface area contributed by atoms with Gasteiger partial charge in [0.25, 0.3) is 0 Å². The second-order valence-corrected chi connectivity index (χ2v) is 3.91. The van der Waals surface area contributed by atoms with Crippen molar-refractivity contribution in [1.82, 2.24) is 9.97 Å². The minimum absolute atomic E-state index is 0.408. The lowest BCUT2D eigenvalue weighted by molar-refractivity contribution is 0.735. The molecule has 1 heterocycles. The fourth-order valence-corrected chi connectivity index (χ4v) is 1.25. The van der Waals surface area contributed by atoms with E-state index < -0.39 is 0 Å². The van der Waals surface area contributed by atoms with Crippen molar-refractivity contribution < 1.29 is 0 Å². The molecule has 0 aromatic carbocycles. The van der Waals surface area contributed by atoms with Crippen molar-refractivity contribution in [2.45, 2.75) is 33.2 Å². The SMILES string of the molecule is CCc1nc(Cl)cc(N(C)C(C)C)n1. The number of halogens is 1. The van der Waals surface area contributed by atoms with Crippen LogP contribution >= 0.6 is 11.6 Å². The Morgan fingerprint density at radius 1 is 1.43 bits per heavy atom. The van der Waals surface area contributed by atoms with Crippen LogP contribution in [0, 0.1) is 0 Å². The Kier molecular flexibility index (Phi) is 3.69. The number of aromatic nitrogens is 2. The molecule has 0 unspecified atom stereocenters. The van der Waals surface area contributed by atoms with Gasteiger partial charge in [-0.15, -0.1) is 0 Å². The van der Waals surface area contributed by atoms with Crippen molar-refractivity contribution in [2.75, 3.05) is 11.9 Å². The van der Waals surface area contributed by atoms with Gasteiger partial charge in [-0.25, -0.2) is 9.97 Å². The average molecular weight is 214 g/mol. The second kappa shape index (κ2) is 4.60. The van der Waals surface area contributed by atoms with Gasteiger partial charge >= 0.3 is 0 Å². The van der Waals surface area contributed by atoms with E-state index >= 15 is 0 Å². The maximum Gasteiger partial charge on any atom is 0.134 e. The summed E-state index contributed by atoms with van der Waals surface area (Å²) >= 11 is 5.90. The molecule has 0 saturated heterocycles. The van der Waals surface area contributed by atoms with Gasteiger partial charge in [0.1, 0.15) is 16.8 Å². The van der Waals surface area contributed by atoms with Crippen LogP contribution in [0.4, 0.5) is 5.82 Å². The smallest absolute Gasteiger partial charge is 0.134 e. The average Bonchev–Trinajstić information content (AvgIpc) is 2.15. The highest BCUT2D eigenvalue weighted by Gasteiger charge is 2.08. The van der Waals surface area contributed by atoms with Gasteiger partial charge in [0.15, 0.2) is 0 Å². The van der Waals surface area contributed by atoms with Crippen molar-refractivity contribution in [3.8, 4) is 0 Å².